The summed E-state index contributed by atoms with van der Waals surface area (Å²) in [5, 5.41) is 0. The highest BCUT2D eigenvalue weighted by Crippen LogP contribution is 2.33. The monoisotopic (exact) mass is 484 g/mol. The van der Waals surface area contributed by atoms with Gasteiger partial charge in [0, 0.05) is 23.4 Å². The standard InChI is InChI=1S/C29H36N6O/c1-18(2)13-24-19(3)30-28(17-34(5)6)33-29(24)35-11-12-36-27-10-8-21(14-23(27)16-35)22-7-9-25-26(15-22)32-20(4)31-25/h7-10,14-15,18H,11-13,16-17H2,1-6H3,(H,31,32). The molecule has 0 unspecified atom stereocenters. The fraction of sp³-hybridized carbons (Fsp3) is 0.414. The Hall–Kier alpha value is -3.45. The number of aromatic amines is 1. The molecule has 0 saturated carbocycles. The van der Waals surface area contributed by atoms with Crippen molar-refractivity contribution in [2.75, 3.05) is 32.1 Å². The van der Waals surface area contributed by atoms with Crippen LogP contribution in [0.25, 0.3) is 22.2 Å². The Morgan fingerprint density at radius 3 is 2.58 bits per heavy atom. The van der Waals surface area contributed by atoms with Gasteiger partial charge in [-0.1, -0.05) is 26.0 Å². The molecule has 7 nitrogen and oxygen atoms in total. The molecule has 7 heteroatoms. The summed E-state index contributed by atoms with van der Waals surface area (Å²) in [6.07, 6.45) is 0.956. The lowest BCUT2D eigenvalue weighted by atomic mass is 10.00. The van der Waals surface area contributed by atoms with Gasteiger partial charge in [0.15, 0.2) is 0 Å². The topological polar surface area (TPSA) is 70.2 Å². The van der Waals surface area contributed by atoms with Crippen molar-refractivity contribution in [2.45, 2.75) is 47.2 Å². The molecule has 4 aromatic rings. The second kappa shape index (κ2) is 9.90. The molecule has 1 aliphatic rings. The van der Waals surface area contributed by atoms with E-state index in [0.29, 0.717) is 12.5 Å². The molecule has 0 amide bonds. The van der Waals surface area contributed by atoms with Crippen LogP contribution in [0.5, 0.6) is 5.75 Å². The first kappa shape index (κ1) is 24.3. The van der Waals surface area contributed by atoms with E-state index in [0.717, 1.165) is 71.6 Å². The number of rotatable bonds is 6. The molecule has 3 heterocycles. The lowest BCUT2D eigenvalue weighted by Gasteiger charge is -2.26. The van der Waals surface area contributed by atoms with Crippen LogP contribution in [-0.2, 0) is 19.5 Å². The molecule has 0 bridgehead atoms. The molecule has 0 radical (unpaired) electrons. The maximum absolute atomic E-state index is 6.20. The van der Waals surface area contributed by atoms with Gasteiger partial charge < -0.3 is 19.5 Å². The van der Waals surface area contributed by atoms with Crippen molar-refractivity contribution in [2.24, 2.45) is 5.92 Å². The van der Waals surface area contributed by atoms with Crippen molar-refractivity contribution < 1.29 is 4.74 Å². The number of hydrogen-bond acceptors (Lipinski definition) is 6. The largest absolute Gasteiger partial charge is 0.491 e. The van der Waals surface area contributed by atoms with Gasteiger partial charge in [0.1, 0.15) is 29.8 Å². The Bertz CT molecular complexity index is 1390. The van der Waals surface area contributed by atoms with Gasteiger partial charge in [-0.3, -0.25) is 0 Å². The van der Waals surface area contributed by atoms with Crippen molar-refractivity contribution in [3.63, 3.8) is 0 Å². The zero-order valence-corrected chi connectivity index (χ0v) is 22.2. The molecule has 5 rings (SSSR count). The highest BCUT2D eigenvalue weighted by molar-refractivity contribution is 5.82. The predicted octanol–water partition coefficient (Wildman–Crippen LogP) is 5.30. The second-order valence-corrected chi connectivity index (χ2v) is 10.5. The minimum absolute atomic E-state index is 0.522. The summed E-state index contributed by atoms with van der Waals surface area (Å²) in [7, 11) is 4.11. The van der Waals surface area contributed by atoms with Gasteiger partial charge in [0.2, 0.25) is 0 Å². The highest BCUT2D eigenvalue weighted by atomic mass is 16.5. The van der Waals surface area contributed by atoms with E-state index in [1.54, 1.807) is 0 Å². The van der Waals surface area contributed by atoms with Gasteiger partial charge in [-0.2, -0.15) is 0 Å². The fourth-order valence-corrected chi connectivity index (χ4v) is 4.97. The molecule has 36 heavy (non-hydrogen) atoms. The van der Waals surface area contributed by atoms with Crippen LogP contribution in [0.4, 0.5) is 5.82 Å². The number of aromatic nitrogens is 4. The third kappa shape index (κ3) is 5.07. The quantitative estimate of drug-likeness (QED) is 0.401. The van der Waals surface area contributed by atoms with Crippen LogP contribution in [0, 0.1) is 19.8 Å². The number of hydrogen-bond donors (Lipinski definition) is 1. The first-order valence-corrected chi connectivity index (χ1v) is 12.8. The van der Waals surface area contributed by atoms with Gasteiger partial charge in [-0.25, -0.2) is 15.0 Å². The minimum Gasteiger partial charge on any atom is -0.491 e. The van der Waals surface area contributed by atoms with E-state index < -0.39 is 0 Å². The number of anilines is 1. The normalized spacial score (nSPS) is 13.8. The van der Waals surface area contributed by atoms with E-state index >= 15 is 0 Å². The van der Waals surface area contributed by atoms with Gasteiger partial charge in [-0.05, 0) is 75.7 Å². The zero-order valence-electron chi connectivity index (χ0n) is 22.2. The molecule has 0 saturated heterocycles. The summed E-state index contributed by atoms with van der Waals surface area (Å²) >= 11 is 0. The fourth-order valence-electron chi connectivity index (χ4n) is 4.97. The Morgan fingerprint density at radius 2 is 1.81 bits per heavy atom. The molecule has 0 spiro atoms. The van der Waals surface area contributed by atoms with E-state index in [1.165, 1.54) is 16.7 Å². The molecule has 0 aliphatic carbocycles. The summed E-state index contributed by atoms with van der Waals surface area (Å²) in [5.41, 5.74) is 7.87. The number of H-pyrrole nitrogens is 1. The van der Waals surface area contributed by atoms with Crippen molar-refractivity contribution in [3.05, 3.63) is 64.9 Å². The van der Waals surface area contributed by atoms with Gasteiger partial charge in [0.25, 0.3) is 0 Å². The molecule has 0 fully saturated rings. The third-order valence-corrected chi connectivity index (χ3v) is 6.58. The Labute approximate surface area is 213 Å². The molecule has 2 aromatic carbocycles. The van der Waals surface area contributed by atoms with E-state index in [-0.39, 0.29) is 0 Å². The molecule has 0 atom stereocenters. The lowest BCUT2D eigenvalue weighted by Crippen LogP contribution is -2.29. The zero-order chi connectivity index (χ0) is 25.4. The van der Waals surface area contributed by atoms with E-state index in [4.69, 9.17) is 14.7 Å². The summed E-state index contributed by atoms with van der Waals surface area (Å²) in [6, 6.07) is 12.9. The smallest absolute Gasteiger partial charge is 0.144 e. The summed E-state index contributed by atoms with van der Waals surface area (Å²) in [4.78, 5) is 22.3. The van der Waals surface area contributed by atoms with Crippen LogP contribution in [0.2, 0.25) is 0 Å². The van der Waals surface area contributed by atoms with Crippen molar-refractivity contribution in [3.8, 4) is 16.9 Å². The maximum atomic E-state index is 6.20. The first-order chi connectivity index (χ1) is 17.3. The van der Waals surface area contributed by atoms with Crippen molar-refractivity contribution in [1.82, 2.24) is 24.8 Å². The van der Waals surface area contributed by atoms with Crippen LogP contribution >= 0.6 is 0 Å². The molecule has 2 aromatic heterocycles. The lowest BCUT2D eigenvalue weighted by molar-refractivity contribution is 0.331. The SMILES string of the molecule is Cc1nc2ccc(-c3ccc4c(c3)CN(c3nc(CN(C)C)nc(C)c3CC(C)C)CCO4)cc2[nH]1. The van der Waals surface area contributed by atoms with E-state index in [9.17, 15) is 0 Å². The maximum Gasteiger partial charge on any atom is 0.144 e. The average Bonchev–Trinajstić information content (AvgIpc) is 3.05. The van der Waals surface area contributed by atoms with Gasteiger partial charge in [0.05, 0.1) is 24.1 Å². The summed E-state index contributed by atoms with van der Waals surface area (Å²) in [6.45, 7) is 11.5. The third-order valence-electron chi connectivity index (χ3n) is 6.58. The number of nitrogens with zero attached hydrogens (tertiary/aromatic N) is 5. The molecule has 1 aliphatic heterocycles. The number of imidazole rings is 1. The van der Waals surface area contributed by atoms with Crippen LogP contribution in [0.15, 0.2) is 36.4 Å². The second-order valence-electron chi connectivity index (χ2n) is 10.5. The molecule has 188 valence electrons. The number of benzene rings is 2. The van der Waals surface area contributed by atoms with Crippen LogP contribution in [0.3, 0.4) is 0 Å². The van der Waals surface area contributed by atoms with E-state index in [1.807, 2.05) is 6.92 Å². The van der Waals surface area contributed by atoms with Gasteiger partial charge >= 0.3 is 0 Å². The van der Waals surface area contributed by atoms with E-state index in [2.05, 4.69) is 91.0 Å². The number of nitrogens with one attached hydrogen (secondary N) is 1. The predicted molar refractivity (Wildman–Crippen MR) is 146 cm³/mol. The first-order valence-electron chi connectivity index (χ1n) is 12.8. The van der Waals surface area contributed by atoms with Crippen LogP contribution in [-0.4, -0.2) is 52.1 Å². The van der Waals surface area contributed by atoms with Crippen LogP contribution in [0.1, 0.15) is 42.3 Å². The highest BCUT2D eigenvalue weighted by Gasteiger charge is 2.23. The Morgan fingerprint density at radius 1 is 1.03 bits per heavy atom. The average molecular weight is 485 g/mol. The Balaban J connectivity index is 1.52. The van der Waals surface area contributed by atoms with Crippen molar-refractivity contribution in [1.29, 1.82) is 0 Å². The number of aryl methyl sites for hydroxylation is 2. The Kier molecular flexibility index (Phi) is 6.67. The van der Waals surface area contributed by atoms with Crippen LogP contribution < -0.4 is 9.64 Å². The molecular weight excluding hydrogens is 448 g/mol. The number of ether oxygens (including phenoxy) is 1. The summed E-state index contributed by atoms with van der Waals surface area (Å²) in [5.74, 6) is 4.31. The summed E-state index contributed by atoms with van der Waals surface area (Å²) < 4.78 is 6.20. The van der Waals surface area contributed by atoms with Gasteiger partial charge in [-0.15, -0.1) is 0 Å². The minimum atomic E-state index is 0.522. The molecular formula is C29H36N6O. The number of fused-ring (bicyclic) bond motifs is 2. The molecule has 1 N–H and O–H groups in total. The van der Waals surface area contributed by atoms with Crippen molar-refractivity contribution >= 4 is 16.9 Å².